The van der Waals surface area contributed by atoms with Gasteiger partial charge < -0.3 is 14.5 Å². The number of sulfonamides is 1. The van der Waals surface area contributed by atoms with Gasteiger partial charge in [-0.1, -0.05) is 0 Å². The average molecular weight is 385 g/mol. The zero-order chi connectivity index (χ0) is 19.3. The van der Waals surface area contributed by atoms with E-state index in [9.17, 15) is 13.2 Å². The molecule has 0 bridgehead atoms. The van der Waals surface area contributed by atoms with Gasteiger partial charge in [0.05, 0.1) is 37.7 Å². The number of quaternary nitrogens is 1. The standard InChI is InChI=1S/C18H29N3O4S/c1-5-25-16-6-8-17(9-7-16)26(23,24)21-12-10-20(11-13-21)14-18(22)19(4)15(2)3/h6-9,15H,5,10-14H2,1-4H3/p+1. The molecule has 1 N–H and O–H groups in total. The highest BCUT2D eigenvalue weighted by Crippen LogP contribution is 2.19. The first kappa shape index (κ1) is 20.7. The second kappa shape index (κ2) is 8.83. The van der Waals surface area contributed by atoms with Crippen LogP contribution in [0.25, 0.3) is 0 Å². The van der Waals surface area contributed by atoms with Crippen LogP contribution in [0.4, 0.5) is 0 Å². The van der Waals surface area contributed by atoms with E-state index in [0.29, 0.717) is 45.1 Å². The number of nitrogens with one attached hydrogen (secondary N) is 1. The van der Waals surface area contributed by atoms with Crippen LogP contribution in [0.1, 0.15) is 20.8 Å². The lowest BCUT2D eigenvalue weighted by atomic mass is 10.3. The molecular weight excluding hydrogens is 354 g/mol. The molecular formula is C18H30N3O4S+. The minimum Gasteiger partial charge on any atom is -0.494 e. The smallest absolute Gasteiger partial charge is 0.277 e. The third kappa shape index (κ3) is 4.96. The van der Waals surface area contributed by atoms with E-state index in [0.717, 1.165) is 4.90 Å². The Morgan fingerprint density at radius 2 is 1.81 bits per heavy atom. The largest absolute Gasteiger partial charge is 0.494 e. The molecule has 0 saturated carbocycles. The van der Waals surface area contributed by atoms with Crippen LogP contribution in [0.5, 0.6) is 5.75 Å². The molecule has 1 amide bonds. The number of benzene rings is 1. The van der Waals surface area contributed by atoms with Gasteiger partial charge in [0, 0.05) is 13.1 Å². The van der Waals surface area contributed by atoms with Crippen molar-refractivity contribution in [3.8, 4) is 5.75 Å². The van der Waals surface area contributed by atoms with Crippen molar-refractivity contribution in [1.82, 2.24) is 9.21 Å². The molecule has 7 nitrogen and oxygen atoms in total. The number of hydrogen-bond acceptors (Lipinski definition) is 4. The van der Waals surface area contributed by atoms with Gasteiger partial charge in [-0.2, -0.15) is 4.31 Å². The van der Waals surface area contributed by atoms with Gasteiger partial charge in [0.25, 0.3) is 5.91 Å². The zero-order valence-corrected chi connectivity index (χ0v) is 16.9. The van der Waals surface area contributed by atoms with Gasteiger partial charge in [-0.3, -0.25) is 4.79 Å². The number of carbonyl (C=O) groups excluding carboxylic acids is 1. The molecule has 26 heavy (non-hydrogen) atoms. The molecule has 0 aliphatic carbocycles. The minimum atomic E-state index is -3.51. The molecule has 0 aromatic heterocycles. The summed E-state index contributed by atoms with van der Waals surface area (Å²) >= 11 is 0. The van der Waals surface area contributed by atoms with Crippen LogP contribution in [-0.4, -0.2) is 76.0 Å². The second-order valence-electron chi connectivity index (χ2n) is 6.83. The molecule has 1 aromatic rings. The predicted molar refractivity (Wildman–Crippen MR) is 99.8 cm³/mol. The number of rotatable bonds is 7. The van der Waals surface area contributed by atoms with Crippen molar-refractivity contribution in [3.63, 3.8) is 0 Å². The summed E-state index contributed by atoms with van der Waals surface area (Å²) in [7, 11) is -1.70. The first-order valence-electron chi connectivity index (χ1n) is 9.08. The molecule has 8 heteroatoms. The van der Waals surface area contributed by atoms with Crippen LogP contribution in [0, 0.1) is 0 Å². The van der Waals surface area contributed by atoms with Crippen LogP contribution in [0.15, 0.2) is 29.2 Å². The molecule has 1 heterocycles. The summed E-state index contributed by atoms with van der Waals surface area (Å²) in [6, 6.07) is 6.70. The Labute approximate surface area is 156 Å². The summed E-state index contributed by atoms with van der Waals surface area (Å²) in [5.41, 5.74) is 0. The third-order valence-electron chi connectivity index (χ3n) is 4.77. The Kier molecular flexibility index (Phi) is 7.02. The lowest BCUT2D eigenvalue weighted by Gasteiger charge is -2.32. The molecule has 1 aliphatic heterocycles. The van der Waals surface area contributed by atoms with Gasteiger partial charge in [0.15, 0.2) is 6.54 Å². The molecule has 2 rings (SSSR count). The summed E-state index contributed by atoms with van der Waals surface area (Å²) in [4.78, 5) is 15.3. The van der Waals surface area contributed by atoms with E-state index in [1.807, 2.05) is 20.8 Å². The molecule has 146 valence electrons. The summed E-state index contributed by atoms with van der Waals surface area (Å²) in [6.07, 6.45) is 0. The summed E-state index contributed by atoms with van der Waals surface area (Å²) in [5.74, 6) is 0.756. The summed E-state index contributed by atoms with van der Waals surface area (Å²) < 4.78 is 32.4. The van der Waals surface area contributed by atoms with Gasteiger partial charge in [-0.05, 0) is 45.0 Å². The topological polar surface area (TPSA) is 71.4 Å². The number of likely N-dealkylation sites (N-methyl/N-ethyl adjacent to an activating group) is 1. The van der Waals surface area contributed by atoms with Gasteiger partial charge in [-0.15, -0.1) is 0 Å². The molecule has 0 unspecified atom stereocenters. The van der Waals surface area contributed by atoms with Crippen molar-refractivity contribution in [2.24, 2.45) is 0 Å². The average Bonchev–Trinajstić information content (AvgIpc) is 2.62. The number of carbonyl (C=O) groups is 1. The van der Waals surface area contributed by atoms with Crippen molar-refractivity contribution in [1.29, 1.82) is 0 Å². The predicted octanol–water partition coefficient (Wildman–Crippen LogP) is -0.159. The van der Waals surface area contributed by atoms with Crippen LogP contribution in [-0.2, 0) is 14.8 Å². The Morgan fingerprint density at radius 3 is 2.31 bits per heavy atom. The number of ether oxygens (including phenoxy) is 1. The molecule has 0 atom stereocenters. The van der Waals surface area contributed by atoms with Crippen molar-refractivity contribution < 1.29 is 22.8 Å². The molecule has 1 saturated heterocycles. The zero-order valence-electron chi connectivity index (χ0n) is 16.1. The van der Waals surface area contributed by atoms with Gasteiger partial charge in [-0.25, -0.2) is 8.42 Å². The van der Waals surface area contributed by atoms with Crippen molar-refractivity contribution in [3.05, 3.63) is 24.3 Å². The lowest BCUT2D eigenvalue weighted by Crippen LogP contribution is -3.15. The number of amides is 1. The minimum absolute atomic E-state index is 0.0952. The summed E-state index contributed by atoms with van der Waals surface area (Å²) in [5, 5.41) is 0. The van der Waals surface area contributed by atoms with E-state index in [1.165, 1.54) is 4.31 Å². The fraction of sp³-hybridized carbons (Fsp3) is 0.611. The second-order valence-corrected chi connectivity index (χ2v) is 8.77. The maximum absolute atomic E-state index is 12.8. The van der Waals surface area contributed by atoms with Gasteiger partial charge in [0.2, 0.25) is 10.0 Å². The Balaban J connectivity index is 1.94. The monoisotopic (exact) mass is 384 g/mol. The highest BCUT2D eigenvalue weighted by atomic mass is 32.2. The molecule has 0 spiro atoms. The van der Waals surface area contributed by atoms with E-state index in [1.54, 1.807) is 36.2 Å². The first-order valence-corrected chi connectivity index (χ1v) is 10.5. The van der Waals surface area contributed by atoms with E-state index in [-0.39, 0.29) is 16.8 Å². The highest BCUT2D eigenvalue weighted by Gasteiger charge is 2.31. The SMILES string of the molecule is CCOc1ccc(S(=O)(=O)N2CC[NH+](CC(=O)N(C)C(C)C)CC2)cc1. The van der Waals surface area contributed by atoms with Crippen molar-refractivity contribution in [2.75, 3.05) is 46.4 Å². The molecule has 1 aromatic carbocycles. The van der Waals surface area contributed by atoms with E-state index >= 15 is 0 Å². The Morgan fingerprint density at radius 1 is 1.23 bits per heavy atom. The van der Waals surface area contributed by atoms with Crippen LogP contribution in [0.3, 0.4) is 0 Å². The number of hydrogen-bond donors (Lipinski definition) is 1. The number of piperazine rings is 1. The maximum Gasteiger partial charge on any atom is 0.277 e. The van der Waals surface area contributed by atoms with Crippen molar-refractivity contribution in [2.45, 2.75) is 31.7 Å². The fourth-order valence-corrected chi connectivity index (χ4v) is 4.31. The Hall–Kier alpha value is -1.64. The fourth-order valence-electron chi connectivity index (χ4n) is 2.87. The Bertz CT molecular complexity index is 696. The normalized spacial score (nSPS) is 16.7. The van der Waals surface area contributed by atoms with E-state index in [4.69, 9.17) is 4.74 Å². The maximum atomic E-state index is 12.8. The molecule has 1 aliphatic rings. The van der Waals surface area contributed by atoms with Crippen molar-refractivity contribution >= 4 is 15.9 Å². The molecule has 1 fully saturated rings. The quantitative estimate of drug-likeness (QED) is 0.709. The highest BCUT2D eigenvalue weighted by molar-refractivity contribution is 7.89. The first-order chi connectivity index (χ1) is 12.3. The third-order valence-corrected chi connectivity index (χ3v) is 6.68. The van der Waals surface area contributed by atoms with Gasteiger partial charge >= 0.3 is 0 Å². The molecule has 0 radical (unpaired) electrons. The van der Waals surface area contributed by atoms with Crippen LogP contribution in [0.2, 0.25) is 0 Å². The van der Waals surface area contributed by atoms with E-state index in [2.05, 4.69) is 0 Å². The van der Waals surface area contributed by atoms with Gasteiger partial charge in [0.1, 0.15) is 5.75 Å². The van der Waals surface area contributed by atoms with Crippen LogP contribution < -0.4 is 9.64 Å². The lowest BCUT2D eigenvalue weighted by molar-refractivity contribution is -0.896. The number of nitrogens with zero attached hydrogens (tertiary/aromatic N) is 2. The van der Waals surface area contributed by atoms with E-state index < -0.39 is 10.0 Å². The summed E-state index contributed by atoms with van der Waals surface area (Å²) in [6.45, 7) is 8.90. The van der Waals surface area contributed by atoms with Crippen LogP contribution >= 0.6 is 0 Å².